The van der Waals surface area contributed by atoms with Crippen molar-refractivity contribution in [1.29, 1.82) is 0 Å². The number of rotatable bonds is 6. The number of halogens is 1. The molecule has 0 bridgehead atoms. The van der Waals surface area contributed by atoms with Gasteiger partial charge in [0, 0.05) is 30.2 Å². The first-order valence-electron chi connectivity index (χ1n) is 10.1. The molecule has 4 rings (SSSR count). The summed E-state index contributed by atoms with van der Waals surface area (Å²) in [6, 6.07) is 11.5. The number of benzene rings is 2. The van der Waals surface area contributed by atoms with Gasteiger partial charge in [-0.3, -0.25) is 9.69 Å². The van der Waals surface area contributed by atoms with E-state index < -0.39 is 27.8 Å². The van der Waals surface area contributed by atoms with Gasteiger partial charge in [0.25, 0.3) is 15.9 Å². The molecule has 3 aromatic rings. The molecule has 0 aliphatic carbocycles. The SMILES string of the molecule is CNc1cc2c(cc1F)C(=O)N(c1cccc(CNC(=O)NS(=O)(=O)c3ccc(C)s3)c1)CO2. The zero-order valence-electron chi connectivity index (χ0n) is 18.2. The van der Waals surface area contributed by atoms with Gasteiger partial charge < -0.3 is 15.4 Å². The van der Waals surface area contributed by atoms with Crippen molar-refractivity contribution in [3.63, 3.8) is 0 Å². The van der Waals surface area contributed by atoms with Gasteiger partial charge in [0.1, 0.15) is 15.8 Å². The summed E-state index contributed by atoms with van der Waals surface area (Å²) in [5.74, 6) is -0.719. The van der Waals surface area contributed by atoms with Crippen LogP contribution in [-0.4, -0.2) is 34.1 Å². The fraction of sp³-hybridized carbons (Fsp3) is 0.182. The van der Waals surface area contributed by atoms with Gasteiger partial charge in [0.15, 0.2) is 6.73 Å². The molecular formula is C22H21FN4O5S2. The van der Waals surface area contributed by atoms with E-state index in [0.29, 0.717) is 11.3 Å². The molecule has 0 unspecified atom stereocenters. The maximum Gasteiger partial charge on any atom is 0.328 e. The third-order valence-electron chi connectivity index (χ3n) is 5.05. The summed E-state index contributed by atoms with van der Waals surface area (Å²) in [7, 11) is -2.39. The van der Waals surface area contributed by atoms with Gasteiger partial charge in [-0.25, -0.2) is 22.3 Å². The van der Waals surface area contributed by atoms with E-state index in [-0.39, 0.29) is 34.5 Å². The quantitative estimate of drug-likeness (QED) is 0.474. The summed E-state index contributed by atoms with van der Waals surface area (Å²) in [4.78, 5) is 27.3. The van der Waals surface area contributed by atoms with E-state index in [4.69, 9.17) is 4.74 Å². The molecule has 12 heteroatoms. The van der Waals surface area contributed by atoms with Gasteiger partial charge in [-0.2, -0.15) is 0 Å². The van der Waals surface area contributed by atoms with Crippen molar-refractivity contribution in [2.45, 2.75) is 17.7 Å². The second kappa shape index (κ2) is 9.31. The van der Waals surface area contributed by atoms with Crippen LogP contribution in [0, 0.1) is 12.7 Å². The first kappa shape index (κ1) is 23.5. The Labute approximate surface area is 199 Å². The fourth-order valence-corrected chi connectivity index (χ4v) is 5.55. The Morgan fingerprint density at radius 3 is 2.71 bits per heavy atom. The van der Waals surface area contributed by atoms with Crippen molar-refractivity contribution in [2.24, 2.45) is 0 Å². The summed E-state index contributed by atoms with van der Waals surface area (Å²) in [6.07, 6.45) is 0. The molecule has 0 saturated heterocycles. The lowest BCUT2D eigenvalue weighted by atomic mass is 10.1. The average Bonchev–Trinajstić information content (AvgIpc) is 3.25. The van der Waals surface area contributed by atoms with Crippen molar-refractivity contribution in [3.8, 4) is 5.75 Å². The summed E-state index contributed by atoms with van der Waals surface area (Å²) in [5.41, 5.74) is 1.42. The molecule has 1 aromatic heterocycles. The minimum Gasteiger partial charge on any atom is -0.472 e. The molecule has 9 nitrogen and oxygen atoms in total. The van der Waals surface area contributed by atoms with Crippen LogP contribution in [0.5, 0.6) is 5.75 Å². The number of hydrogen-bond donors (Lipinski definition) is 3. The number of aryl methyl sites for hydroxylation is 1. The molecule has 34 heavy (non-hydrogen) atoms. The molecule has 0 radical (unpaired) electrons. The maximum absolute atomic E-state index is 14.2. The molecule has 0 spiro atoms. The van der Waals surface area contributed by atoms with Crippen LogP contribution in [0.15, 0.2) is 52.7 Å². The number of thiophene rings is 1. The number of ether oxygens (including phenoxy) is 1. The van der Waals surface area contributed by atoms with Crippen molar-refractivity contribution < 1.29 is 27.1 Å². The molecule has 0 atom stereocenters. The second-order valence-electron chi connectivity index (χ2n) is 7.41. The Balaban J connectivity index is 1.44. The number of sulfonamides is 1. The minimum atomic E-state index is -3.96. The van der Waals surface area contributed by atoms with E-state index in [0.717, 1.165) is 22.3 Å². The van der Waals surface area contributed by atoms with E-state index >= 15 is 0 Å². The Morgan fingerprint density at radius 1 is 1.21 bits per heavy atom. The predicted molar refractivity (Wildman–Crippen MR) is 126 cm³/mol. The molecule has 3 amide bonds. The molecule has 0 saturated carbocycles. The number of hydrogen-bond acceptors (Lipinski definition) is 7. The van der Waals surface area contributed by atoms with Gasteiger partial charge in [-0.05, 0) is 42.8 Å². The van der Waals surface area contributed by atoms with Gasteiger partial charge in [0.2, 0.25) is 0 Å². The Morgan fingerprint density at radius 2 is 2.00 bits per heavy atom. The zero-order chi connectivity index (χ0) is 24.5. The molecule has 3 N–H and O–H groups in total. The number of nitrogens with one attached hydrogen (secondary N) is 3. The number of carbonyl (C=O) groups excluding carboxylic acids is 2. The zero-order valence-corrected chi connectivity index (χ0v) is 19.8. The minimum absolute atomic E-state index is 0.0122. The Kier molecular flexibility index (Phi) is 6.44. The lowest BCUT2D eigenvalue weighted by Crippen LogP contribution is -2.39. The lowest BCUT2D eigenvalue weighted by Gasteiger charge is -2.29. The standard InChI is InChI=1S/C22H21FN4O5S2/c1-13-6-7-20(33-13)34(30,31)26-22(29)25-11-14-4-3-5-15(8-14)27-12-32-19-10-18(24-2)17(23)9-16(19)21(27)28/h3-10,24H,11-12H2,1-2H3,(H2,25,26,29). The number of anilines is 2. The number of urea groups is 1. The van der Waals surface area contributed by atoms with Crippen LogP contribution in [0.25, 0.3) is 0 Å². The van der Waals surface area contributed by atoms with Crippen molar-refractivity contribution in [2.75, 3.05) is 24.0 Å². The third-order valence-corrected chi connectivity index (χ3v) is 7.87. The number of amides is 3. The highest BCUT2D eigenvalue weighted by molar-refractivity contribution is 7.92. The van der Waals surface area contributed by atoms with Gasteiger partial charge in [-0.15, -0.1) is 11.3 Å². The summed E-state index contributed by atoms with van der Waals surface area (Å²) >= 11 is 1.06. The third kappa shape index (κ3) is 4.82. The van der Waals surface area contributed by atoms with Gasteiger partial charge in [0.05, 0.1) is 11.3 Å². The van der Waals surface area contributed by atoms with Crippen molar-refractivity contribution in [1.82, 2.24) is 10.0 Å². The highest BCUT2D eigenvalue weighted by Gasteiger charge is 2.28. The van der Waals surface area contributed by atoms with E-state index in [2.05, 4.69) is 10.6 Å². The van der Waals surface area contributed by atoms with E-state index in [1.807, 2.05) is 4.72 Å². The summed E-state index contributed by atoms with van der Waals surface area (Å²) < 4.78 is 46.4. The van der Waals surface area contributed by atoms with Crippen LogP contribution >= 0.6 is 11.3 Å². The number of nitrogens with zero attached hydrogens (tertiary/aromatic N) is 1. The fourth-order valence-electron chi connectivity index (χ4n) is 3.34. The molecule has 2 aromatic carbocycles. The Bertz CT molecular complexity index is 1370. The largest absolute Gasteiger partial charge is 0.472 e. The smallest absolute Gasteiger partial charge is 0.328 e. The van der Waals surface area contributed by atoms with E-state index in [1.54, 1.807) is 44.3 Å². The highest BCUT2D eigenvalue weighted by Crippen LogP contribution is 2.32. The maximum atomic E-state index is 14.2. The summed E-state index contributed by atoms with van der Waals surface area (Å²) in [6.45, 7) is 1.71. The van der Waals surface area contributed by atoms with Crippen molar-refractivity contribution >= 4 is 44.7 Å². The monoisotopic (exact) mass is 504 g/mol. The van der Waals surface area contributed by atoms with Gasteiger partial charge in [-0.1, -0.05) is 12.1 Å². The first-order valence-corrected chi connectivity index (χ1v) is 12.4. The number of carbonyl (C=O) groups is 2. The van der Waals surface area contributed by atoms with Crippen LogP contribution in [-0.2, 0) is 16.6 Å². The van der Waals surface area contributed by atoms with E-state index in [1.165, 1.54) is 17.0 Å². The van der Waals surface area contributed by atoms with E-state index in [9.17, 15) is 22.4 Å². The molecule has 1 aliphatic heterocycles. The second-order valence-corrected chi connectivity index (χ2v) is 10.6. The summed E-state index contributed by atoms with van der Waals surface area (Å²) in [5, 5.41) is 5.19. The molecule has 1 aliphatic rings. The number of fused-ring (bicyclic) bond motifs is 1. The van der Waals surface area contributed by atoms with Crippen LogP contribution in [0.3, 0.4) is 0 Å². The Hall–Kier alpha value is -3.64. The predicted octanol–water partition coefficient (Wildman–Crippen LogP) is 3.42. The molecular weight excluding hydrogens is 483 g/mol. The van der Waals surface area contributed by atoms with Crippen LogP contribution in [0.1, 0.15) is 20.8 Å². The normalized spacial score (nSPS) is 13.1. The molecule has 0 fully saturated rings. The first-order chi connectivity index (χ1) is 16.2. The topological polar surface area (TPSA) is 117 Å². The van der Waals surface area contributed by atoms with Crippen LogP contribution in [0.2, 0.25) is 0 Å². The van der Waals surface area contributed by atoms with Crippen molar-refractivity contribution in [3.05, 3.63) is 70.4 Å². The van der Waals surface area contributed by atoms with Crippen LogP contribution in [0.4, 0.5) is 20.6 Å². The van der Waals surface area contributed by atoms with Crippen LogP contribution < -0.4 is 25.0 Å². The lowest BCUT2D eigenvalue weighted by molar-refractivity contribution is 0.0936. The molecule has 178 valence electrons. The molecule has 2 heterocycles. The average molecular weight is 505 g/mol. The highest BCUT2D eigenvalue weighted by atomic mass is 32.2. The van der Waals surface area contributed by atoms with Gasteiger partial charge >= 0.3 is 6.03 Å².